The van der Waals surface area contributed by atoms with Gasteiger partial charge in [-0.3, -0.25) is 9.59 Å². The van der Waals surface area contributed by atoms with Crippen molar-refractivity contribution in [2.45, 2.75) is 44.4 Å². The molecule has 0 unspecified atom stereocenters. The van der Waals surface area contributed by atoms with Crippen LogP contribution in [0.2, 0.25) is 0 Å². The second-order valence-electron chi connectivity index (χ2n) is 9.22. The van der Waals surface area contributed by atoms with E-state index in [1.807, 2.05) is 0 Å². The molecule has 0 aromatic carbocycles. The predicted molar refractivity (Wildman–Crippen MR) is 125 cm³/mol. The molecular weight excluding hydrogens is 554 g/mol. The van der Waals surface area contributed by atoms with Gasteiger partial charge in [-0.15, -0.1) is 0 Å². The number of ether oxygens (including phenoxy) is 2. The van der Waals surface area contributed by atoms with Crippen LogP contribution in [-0.4, -0.2) is 76.9 Å². The van der Waals surface area contributed by atoms with Crippen LogP contribution in [0.4, 0.5) is 37.8 Å². The molecule has 0 saturated carbocycles. The summed E-state index contributed by atoms with van der Waals surface area (Å²) in [5.74, 6) is -0.881. The van der Waals surface area contributed by atoms with Crippen LogP contribution in [0, 0.1) is 0 Å². The molecule has 1 fully saturated rings. The first-order chi connectivity index (χ1) is 18.8. The lowest BCUT2D eigenvalue weighted by Gasteiger charge is -2.40. The smallest absolute Gasteiger partial charge is 0.423 e. The zero-order valence-corrected chi connectivity index (χ0v) is 20.9. The number of carbonyl (C=O) groups excluding carboxylic acids is 2. The Balaban J connectivity index is 1.30. The number of aromatic nitrogens is 3. The lowest BCUT2D eigenvalue weighted by atomic mass is 10.1. The van der Waals surface area contributed by atoms with Crippen LogP contribution >= 0.6 is 0 Å². The molecule has 2 N–H and O–H groups in total. The number of piperazine rings is 1. The minimum absolute atomic E-state index is 0.0759. The minimum Gasteiger partial charge on any atom is -0.459 e. The Bertz CT molecular complexity index is 1320. The normalized spacial score (nSPS) is 18.4. The van der Waals surface area contributed by atoms with E-state index >= 15 is 0 Å². The van der Waals surface area contributed by atoms with Crippen LogP contribution in [0.1, 0.15) is 30.0 Å². The van der Waals surface area contributed by atoms with Crippen LogP contribution in [0.3, 0.4) is 0 Å². The van der Waals surface area contributed by atoms with E-state index in [4.69, 9.17) is 9.47 Å². The first-order valence-corrected chi connectivity index (χ1v) is 12.0. The number of hydrogen-bond donors (Lipinski definition) is 2. The topological polar surface area (TPSA) is 130 Å². The maximum atomic E-state index is 13.2. The van der Waals surface area contributed by atoms with Gasteiger partial charge in [0.05, 0.1) is 43.6 Å². The van der Waals surface area contributed by atoms with Gasteiger partial charge in [0.1, 0.15) is 24.0 Å². The SMILES string of the molecule is C[C@@H](COCCC(=O)N1CCN2c3ncc(C(F)(F)F)cc3COC(=O)[C@H]2C1)Nc1cn[nH]c(=O)c1C(F)(F)F. The van der Waals surface area contributed by atoms with Gasteiger partial charge in [0, 0.05) is 30.9 Å². The Labute approximate surface area is 222 Å². The number of cyclic esters (lactones) is 1. The Morgan fingerprint density at radius 2 is 1.95 bits per heavy atom. The number of aromatic amines is 1. The summed E-state index contributed by atoms with van der Waals surface area (Å²) in [4.78, 5) is 43.7. The zero-order valence-electron chi connectivity index (χ0n) is 20.9. The number of pyridine rings is 1. The van der Waals surface area contributed by atoms with Crippen molar-refractivity contribution in [1.82, 2.24) is 20.1 Å². The van der Waals surface area contributed by atoms with Crippen molar-refractivity contribution in [2.75, 3.05) is 43.1 Å². The molecule has 0 aliphatic carbocycles. The van der Waals surface area contributed by atoms with Gasteiger partial charge in [-0.25, -0.2) is 14.9 Å². The predicted octanol–water partition coefficient (Wildman–Crippen LogP) is 2.18. The molecular formula is C23H24F6N6O5. The summed E-state index contributed by atoms with van der Waals surface area (Å²) in [6, 6.07) is -0.743. The van der Waals surface area contributed by atoms with Crippen LogP contribution < -0.4 is 15.8 Å². The highest BCUT2D eigenvalue weighted by atomic mass is 19.4. The molecule has 1 amide bonds. The van der Waals surface area contributed by atoms with Crippen molar-refractivity contribution >= 4 is 23.4 Å². The van der Waals surface area contributed by atoms with E-state index in [1.54, 1.807) is 5.10 Å². The van der Waals surface area contributed by atoms with Crippen LogP contribution in [0.5, 0.6) is 0 Å². The van der Waals surface area contributed by atoms with Gasteiger partial charge in [-0.2, -0.15) is 31.4 Å². The van der Waals surface area contributed by atoms with Crippen molar-refractivity contribution in [1.29, 1.82) is 0 Å². The molecule has 2 aromatic rings. The summed E-state index contributed by atoms with van der Waals surface area (Å²) in [6.07, 6.45) is -8.08. The number of H-pyrrole nitrogens is 1. The molecule has 4 heterocycles. The van der Waals surface area contributed by atoms with E-state index in [9.17, 15) is 40.7 Å². The Hall–Kier alpha value is -3.89. The second-order valence-corrected chi connectivity index (χ2v) is 9.22. The average Bonchev–Trinajstić information content (AvgIpc) is 3.01. The van der Waals surface area contributed by atoms with E-state index in [-0.39, 0.29) is 63.2 Å². The summed E-state index contributed by atoms with van der Waals surface area (Å²) in [5.41, 5.74) is -4.17. The molecule has 2 atom stereocenters. The number of rotatable bonds is 7. The van der Waals surface area contributed by atoms with Crippen molar-refractivity contribution in [3.8, 4) is 0 Å². The summed E-state index contributed by atoms with van der Waals surface area (Å²) >= 11 is 0. The molecule has 4 rings (SSSR count). The number of anilines is 2. The fourth-order valence-electron chi connectivity index (χ4n) is 4.41. The zero-order chi connectivity index (χ0) is 29.2. The van der Waals surface area contributed by atoms with Gasteiger partial charge in [0.2, 0.25) is 5.91 Å². The van der Waals surface area contributed by atoms with E-state index in [1.165, 1.54) is 16.7 Å². The first-order valence-electron chi connectivity index (χ1n) is 12.0. The summed E-state index contributed by atoms with van der Waals surface area (Å²) in [6.45, 7) is 1.18. The van der Waals surface area contributed by atoms with Crippen LogP contribution in [0.15, 0.2) is 23.3 Å². The third kappa shape index (κ3) is 6.46. The number of halogens is 6. The molecule has 40 heavy (non-hydrogen) atoms. The molecule has 2 aliphatic heterocycles. The van der Waals surface area contributed by atoms with E-state index in [0.717, 1.165) is 12.3 Å². The fraction of sp³-hybridized carbons (Fsp3) is 0.522. The highest BCUT2D eigenvalue weighted by Gasteiger charge is 2.41. The second kappa shape index (κ2) is 11.3. The van der Waals surface area contributed by atoms with E-state index in [0.29, 0.717) is 6.20 Å². The number of nitrogens with zero attached hydrogens (tertiary/aromatic N) is 4. The third-order valence-corrected chi connectivity index (χ3v) is 6.29. The highest BCUT2D eigenvalue weighted by molar-refractivity contribution is 5.84. The number of alkyl halides is 6. The average molecular weight is 578 g/mol. The lowest BCUT2D eigenvalue weighted by Crippen LogP contribution is -2.58. The summed E-state index contributed by atoms with van der Waals surface area (Å²) < 4.78 is 89.3. The number of carbonyl (C=O) groups is 2. The Morgan fingerprint density at radius 3 is 2.65 bits per heavy atom. The molecule has 1 saturated heterocycles. The first kappa shape index (κ1) is 29.1. The Morgan fingerprint density at radius 1 is 1.20 bits per heavy atom. The molecule has 218 valence electrons. The van der Waals surface area contributed by atoms with Crippen molar-refractivity contribution in [3.05, 3.63) is 45.5 Å². The van der Waals surface area contributed by atoms with Gasteiger partial charge in [0.25, 0.3) is 5.56 Å². The quantitative estimate of drug-likeness (QED) is 0.289. The molecule has 11 nitrogen and oxygen atoms in total. The van der Waals surface area contributed by atoms with Crippen molar-refractivity contribution < 1.29 is 45.4 Å². The molecule has 2 aliphatic rings. The van der Waals surface area contributed by atoms with Gasteiger partial charge in [-0.1, -0.05) is 0 Å². The molecule has 17 heteroatoms. The number of hydrogen-bond acceptors (Lipinski definition) is 9. The third-order valence-electron chi connectivity index (χ3n) is 6.29. The largest absolute Gasteiger partial charge is 0.459 e. The van der Waals surface area contributed by atoms with Gasteiger partial charge in [-0.05, 0) is 13.0 Å². The number of esters is 1. The summed E-state index contributed by atoms with van der Waals surface area (Å²) in [5, 5.41) is 7.63. The minimum atomic E-state index is -4.90. The fourth-order valence-corrected chi connectivity index (χ4v) is 4.41. The Kier molecular flexibility index (Phi) is 8.23. The monoisotopic (exact) mass is 578 g/mol. The van der Waals surface area contributed by atoms with Gasteiger partial charge in [0.15, 0.2) is 0 Å². The van der Waals surface area contributed by atoms with E-state index in [2.05, 4.69) is 15.4 Å². The molecule has 2 aromatic heterocycles. The van der Waals surface area contributed by atoms with Crippen molar-refractivity contribution in [3.63, 3.8) is 0 Å². The number of nitrogens with one attached hydrogen (secondary N) is 2. The number of fused-ring (bicyclic) bond motifs is 3. The standard InChI is InChI=1S/C23H24F6N6O5/c1-12(32-15-8-31-33-20(37)18(15)23(27,28)29)10-39-5-2-17(36)34-3-4-35-16(9-34)21(38)40-11-13-6-14(22(24,25)26)7-30-19(13)35/h6-8,12,16H,2-5,9-11H2,1H3,(H2,32,33,37)/t12-,16+/m0/s1. The maximum absolute atomic E-state index is 13.2. The molecule has 0 radical (unpaired) electrons. The lowest BCUT2D eigenvalue weighted by molar-refractivity contribution is -0.148. The van der Waals surface area contributed by atoms with E-state index < -0.39 is 52.8 Å². The van der Waals surface area contributed by atoms with Gasteiger partial charge >= 0.3 is 18.3 Å². The summed E-state index contributed by atoms with van der Waals surface area (Å²) in [7, 11) is 0. The van der Waals surface area contributed by atoms with Crippen molar-refractivity contribution in [2.24, 2.45) is 0 Å². The maximum Gasteiger partial charge on any atom is 0.423 e. The number of amides is 1. The van der Waals surface area contributed by atoms with Gasteiger partial charge < -0.3 is 24.6 Å². The highest BCUT2D eigenvalue weighted by Crippen LogP contribution is 2.34. The van der Waals surface area contributed by atoms with Crippen LogP contribution in [-0.2, 0) is 38.0 Å². The molecule has 0 bridgehead atoms. The van der Waals surface area contributed by atoms with Crippen LogP contribution in [0.25, 0.3) is 0 Å². The molecule has 0 spiro atoms.